The van der Waals surface area contributed by atoms with Gasteiger partial charge in [0.05, 0.1) is 11.2 Å². The molecule has 0 unspecified atom stereocenters. The van der Waals surface area contributed by atoms with Gasteiger partial charge in [-0.15, -0.1) is 0 Å². The maximum Gasteiger partial charge on any atom is 0.164 e. The molecule has 12 aromatic rings. The van der Waals surface area contributed by atoms with Crippen LogP contribution in [0.25, 0.3) is 122 Å². The second-order valence-electron chi connectivity index (χ2n) is 14.5. The number of pyridine rings is 1. The van der Waals surface area contributed by atoms with Crippen LogP contribution < -0.4 is 0 Å². The molecular weight excluding hydrogens is 713 g/mol. The van der Waals surface area contributed by atoms with Crippen LogP contribution in [0.2, 0.25) is 0 Å². The van der Waals surface area contributed by atoms with E-state index in [4.69, 9.17) is 28.8 Å². The molecule has 0 aliphatic carbocycles. The minimum Gasteiger partial charge on any atom is -0.456 e. The quantitative estimate of drug-likeness (QED) is 0.163. The van der Waals surface area contributed by atoms with Crippen LogP contribution in [-0.2, 0) is 0 Å². The van der Waals surface area contributed by atoms with E-state index in [9.17, 15) is 0 Å². The summed E-state index contributed by atoms with van der Waals surface area (Å²) in [5.41, 5.74) is 10.9. The Labute approximate surface area is 331 Å². The van der Waals surface area contributed by atoms with Crippen molar-refractivity contribution in [2.75, 3.05) is 0 Å². The normalized spacial score (nSPS) is 11.8. The fourth-order valence-electron chi connectivity index (χ4n) is 8.46. The van der Waals surface area contributed by atoms with Crippen molar-refractivity contribution in [1.29, 1.82) is 0 Å². The van der Waals surface area contributed by atoms with Gasteiger partial charge in [0.1, 0.15) is 22.3 Å². The van der Waals surface area contributed by atoms with Gasteiger partial charge in [-0.05, 0) is 35.9 Å². The fraction of sp³-hybridized carbons (Fsp3) is 0. The van der Waals surface area contributed by atoms with Crippen molar-refractivity contribution in [3.8, 4) is 56.5 Å². The Morgan fingerprint density at radius 3 is 1.60 bits per heavy atom. The number of para-hydroxylation sites is 3. The van der Waals surface area contributed by atoms with Gasteiger partial charge in [-0.2, -0.15) is 0 Å². The van der Waals surface area contributed by atoms with Gasteiger partial charge < -0.3 is 8.83 Å². The summed E-state index contributed by atoms with van der Waals surface area (Å²) in [5, 5.41) is 7.45. The van der Waals surface area contributed by atoms with Gasteiger partial charge >= 0.3 is 0 Å². The summed E-state index contributed by atoms with van der Waals surface area (Å²) in [7, 11) is 0. The summed E-state index contributed by atoms with van der Waals surface area (Å²) < 4.78 is 13.0. The van der Waals surface area contributed by atoms with Gasteiger partial charge in [0.25, 0.3) is 0 Å². The van der Waals surface area contributed by atoms with Crippen LogP contribution in [0.5, 0.6) is 0 Å². The molecular formula is C52H30N4O2. The Hall–Kier alpha value is -7.96. The lowest BCUT2D eigenvalue weighted by atomic mass is 9.91. The molecule has 0 saturated carbocycles. The molecule has 4 heterocycles. The summed E-state index contributed by atoms with van der Waals surface area (Å²) in [6.45, 7) is 0. The van der Waals surface area contributed by atoms with Gasteiger partial charge in [-0.3, -0.25) is 0 Å². The molecule has 0 aliphatic rings. The number of rotatable bonds is 5. The van der Waals surface area contributed by atoms with E-state index >= 15 is 0 Å². The number of benzene rings is 8. The van der Waals surface area contributed by atoms with E-state index in [1.165, 1.54) is 0 Å². The van der Waals surface area contributed by atoms with Gasteiger partial charge in [-0.25, -0.2) is 19.9 Å². The van der Waals surface area contributed by atoms with E-state index in [-0.39, 0.29) is 0 Å². The molecule has 6 nitrogen and oxygen atoms in total. The summed E-state index contributed by atoms with van der Waals surface area (Å²) >= 11 is 0. The zero-order chi connectivity index (χ0) is 38.2. The van der Waals surface area contributed by atoms with Crippen molar-refractivity contribution < 1.29 is 8.83 Å². The Morgan fingerprint density at radius 2 is 0.862 bits per heavy atom. The van der Waals surface area contributed by atoms with Crippen LogP contribution in [0.1, 0.15) is 0 Å². The Morgan fingerprint density at radius 1 is 0.310 bits per heavy atom. The third kappa shape index (κ3) is 5.05. The van der Waals surface area contributed by atoms with Crippen molar-refractivity contribution in [2.45, 2.75) is 0 Å². The maximum absolute atomic E-state index is 6.78. The van der Waals surface area contributed by atoms with Crippen molar-refractivity contribution in [1.82, 2.24) is 19.9 Å². The lowest BCUT2D eigenvalue weighted by Crippen LogP contribution is -2.00. The fourth-order valence-corrected chi connectivity index (χ4v) is 8.46. The van der Waals surface area contributed by atoms with Gasteiger partial charge in [-0.1, -0.05) is 152 Å². The first-order valence-corrected chi connectivity index (χ1v) is 19.3. The van der Waals surface area contributed by atoms with Crippen LogP contribution in [0.4, 0.5) is 0 Å². The first-order chi connectivity index (χ1) is 28.7. The lowest BCUT2D eigenvalue weighted by Gasteiger charge is -2.14. The van der Waals surface area contributed by atoms with Gasteiger partial charge in [0.2, 0.25) is 0 Å². The van der Waals surface area contributed by atoms with E-state index in [2.05, 4.69) is 103 Å². The Balaban J connectivity index is 1.07. The SMILES string of the molecule is c1ccc(-c2nc(-c3ccc(-c4cc5c(-c6ccccc6)nc6ccccc6c5c5c4oc4ccccc45)cc3)nc(-c3cccc4oc5ccccc5c34)n2)cc1. The molecule has 8 aromatic carbocycles. The number of hydrogen-bond acceptors (Lipinski definition) is 6. The van der Waals surface area contributed by atoms with Gasteiger partial charge in [0, 0.05) is 65.5 Å². The predicted octanol–water partition coefficient (Wildman–Crippen LogP) is 13.7. The molecule has 0 atom stereocenters. The second kappa shape index (κ2) is 12.8. The zero-order valence-electron chi connectivity index (χ0n) is 30.9. The minimum absolute atomic E-state index is 0.578. The highest BCUT2D eigenvalue weighted by molar-refractivity contribution is 6.30. The average Bonchev–Trinajstić information content (AvgIpc) is 3.88. The molecule has 0 saturated heterocycles. The van der Waals surface area contributed by atoms with Gasteiger partial charge in [0.15, 0.2) is 17.5 Å². The molecule has 0 radical (unpaired) electrons. The van der Waals surface area contributed by atoms with Crippen molar-refractivity contribution >= 4 is 65.6 Å². The van der Waals surface area contributed by atoms with Crippen LogP contribution in [-0.4, -0.2) is 19.9 Å². The van der Waals surface area contributed by atoms with E-state index in [0.717, 1.165) is 105 Å². The van der Waals surface area contributed by atoms with E-state index < -0.39 is 0 Å². The maximum atomic E-state index is 6.78. The largest absolute Gasteiger partial charge is 0.456 e. The topological polar surface area (TPSA) is 77.8 Å². The molecule has 0 bridgehead atoms. The first-order valence-electron chi connectivity index (χ1n) is 19.3. The summed E-state index contributed by atoms with van der Waals surface area (Å²) in [4.78, 5) is 20.5. The smallest absolute Gasteiger partial charge is 0.164 e. The van der Waals surface area contributed by atoms with Crippen molar-refractivity contribution in [2.24, 2.45) is 0 Å². The second-order valence-corrected chi connectivity index (χ2v) is 14.5. The molecule has 0 amide bonds. The van der Waals surface area contributed by atoms with Crippen LogP contribution in [0, 0.1) is 0 Å². The molecule has 58 heavy (non-hydrogen) atoms. The Kier molecular flexibility index (Phi) is 7.13. The first kappa shape index (κ1) is 32.3. The molecule has 4 aromatic heterocycles. The Bertz CT molecular complexity index is 3560. The van der Waals surface area contributed by atoms with E-state index in [1.807, 2.05) is 78.9 Å². The number of aromatic nitrogens is 4. The third-order valence-corrected chi connectivity index (χ3v) is 11.1. The molecule has 0 spiro atoms. The van der Waals surface area contributed by atoms with Crippen molar-refractivity contribution in [3.05, 3.63) is 182 Å². The third-order valence-electron chi connectivity index (χ3n) is 11.1. The highest BCUT2D eigenvalue weighted by Gasteiger charge is 2.22. The monoisotopic (exact) mass is 742 g/mol. The van der Waals surface area contributed by atoms with Crippen LogP contribution in [0.15, 0.2) is 191 Å². The lowest BCUT2D eigenvalue weighted by molar-refractivity contribution is 0.669. The molecule has 0 N–H and O–H groups in total. The van der Waals surface area contributed by atoms with Crippen LogP contribution in [0.3, 0.4) is 0 Å². The summed E-state index contributed by atoms with van der Waals surface area (Å²) in [6.07, 6.45) is 0. The highest BCUT2D eigenvalue weighted by Crippen LogP contribution is 2.46. The van der Waals surface area contributed by atoms with Crippen LogP contribution >= 0.6 is 0 Å². The van der Waals surface area contributed by atoms with Crippen molar-refractivity contribution in [3.63, 3.8) is 0 Å². The predicted molar refractivity (Wildman–Crippen MR) is 234 cm³/mol. The average molecular weight is 743 g/mol. The molecule has 270 valence electrons. The zero-order valence-corrected chi connectivity index (χ0v) is 30.9. The minimum atomic E-state index is 0.578. The number of hydrogen-bond donors (Lipinski definition) is 0. The molecule has 0 fully saturated rings. The molecule has 0 aliphatic heterocycles. The highest BCUT2D eigenvalue weighted by atomic mass is 16.3. The van der Waals surface area contributed by atoms with E-state index in [1.54, 1.807) is 0 Å². The standard InChI is InChI=1S/C52H30N4O2/c1-3-14-32(15-4-1)48-40-30-39(49-47(37-20-9-12-24-43(37)58-49)46(40)35-18-7-10-22-41(35)53-48)31-26-28-34(29-27-31)51-54-50(33-16-5-2-6-17-33)55-52(56-51)38-21-13-25-44-45(38)36-19-8-11-23-42(36)57-44/h1-30H. The number of fused-ring (bicyclic) bond motifs is 10. The molecule has 6 heteroatoms. The molecule has 12 rings (SSSR count). The van der Waals surface area contributed by atoms with E-state index in [0.29, 0.717) is 17.5 Å². The number of furan rings is 2. The number of nitrogens with zero attached hydrogens (tertiary/aromatic N) is 4. The summed E-state index contributed by atoms with van der Waals surface area (Å²) in [5.74, 6) is 1.76. The summed E-state index contributed by atoms with van der Waals surface area (Å²) in [6, 6.07) is 62.0.